The minimum atomic E-state index is -0.531. The van der Waals surface area contributed by atoms with E-state index in [2.05, 4.69) is 15.6 Å². The lowest BCUT2D eigenvalue weighted by Gasteiger charge is -2.19. The maximum absolute atomic E-state index is 12.6. The topological polar surface area (TPSA) is 100 Å². The maximum atomic E-state index is 12.6. The summed E-state index contributed by atoms with van der Waals surface area (Å²) in [7, 11) is 1.62. The van der Waals surface area contributed by atoms with Gasteiger partial charge in [-0.05, 0) is 50.1 Å². The summed E-state index contributed by atoms with van der Waals surface area (Å²) in [5, 5.41) is 5.82. The number of hydrogen-bond donors (Lipinski definition) is 2. The number of hydrogen-bond acceptors (Lipinski definition) is 6. The molecule has 2 aromatic carbocycles. The van der Waals surface area contributed by atoms with Crippen molar-refractivity contribution in [2.75, 3.05) is 32.1 Å². The highest BCUT2D eigenvalue weighted by Gasteiger charge is 2.32. The van der Waals surface area contributed by atoms with E-state index in [1.165, 1.54) is 11.8 Å². The number of nitrogens with zero attached hydrogens (tertiary/aromatic N) is 2. The average molecular weight is 483 g/mol. The van der Waals surface area contributed by atoms with Crippen LogP contribution in [-0.2, 0) is 16.0 Å². The van der Waals surface area contributed by atoms with E-state index in [4.69, 9.17) is 4.74 Å². The Labute approximate surface area is 204 Å². The predicted octanol–water partition coefficient (Wildman–Crippen LogP) is 3.34. The number of methoxy groups -OCH3 is 1. The van der Waals surface area contributed by atoms with E-state index in [0.29, 0.717) is 29.4 Å². The number of thioether (sulfide) groups is 1. The summed E-state index contributed by atoms with van der Waals surface area (Å²) < 4.78 is 5.34. The summed E-state index contributed by atoms with van der Waals surface area (Å²) in [4.78, 5) is 43.4. The molecule has 0 aliphatic carbocycles. The molecule has 2 N–H and O–H groups in total. The number of rotatable bonds is 10. The zero-order chi connectivity index (χ0) is 24.5. The van der Waals surface area contributed by atoms with E-state index < -0.39 is 5.25 Å². The normalized spacial score (nSPS) is 15.0. The van der Waals surface area contributed by atoms with E-state index in [9.17, 15) is 14.4 Å². The monoisotopic (exact) mass is 482 g/mol. The van der Waals surface area contributed by atoms with Crippen molar-refractivity contribution in [2.45, 2.75) is 31.9 Å². The first kappa shape index (κ1) is 25.3. The molecule has 0 radical (unpaired) electrons. The molecule has 1 heterocycles. The number of anilines is 1. The largest absolute Gasteiger partial charge is 0.496 e. The molecular formula is C25H30N4O4S. The highest BCUT2D eigenvalue weighted by Crippen LogP contribution is 2.27. The molecule has 2 aromatic rings. The van der Waals surface area contributed by atoms with Gasteiger partial charge in [0.05, 0.1) is 7.11 Å². The van der Waals surface area contributed by atoms with Crippen molar-refractivity contribution in [3.63, 3.8) is 0 Å². The maximum Gasteiger partial charge on any atom is 0.262 e. The molecule has 1 aliphatic heterocycles. The minimum absolute atomic E-state index is 0.0209. The first-order valence-electron chi connectivity index (χ1n) is 11.3. The third kappa shape index (κ3) is 6.60. The van der Waals surface area contributed by atoms with Gasteiger partial charge >= 0.3 is 0 Å². The van der Waals surface area contributed by atoms with Crippen LogP contribution in [0.2, 0.25) is 0 Å². The molecule has 8 nitrogen and oxygen atoms in total. The van der Waals surface area contributed by atoms with Gasteiger partial charge in [-0.15, -0.1) is 0 Å². The van der Waals surface area contributed by atoms with E-state index >= 15 is 0 Å². The van der Waals surface area contributed by atoms with Gasteiger partial charge in [-0.2, -0.15) is 4.99 Å². The minimum Gasteiger partial charge on any atom is -0.496 e. The molecule has 0 saturated carbocycles. The van der Waals surface area contributed by atoms with Crippen molar-refractivity contribution in [3.05, 3.63) is 59.7 Å². The lowest BCUT2D eigenvalue weighted by Crippen LogP contribution is -2.28. The fourth-order valence-electron chi connectivity index (χ4n) is 3.58. The van der Waals surface area contributed by atoms with Crippen molar-refractivity contribution < 1.29 is 19.1 Å². The number of carbonyl (C=O) groups excluding carboxylic acids is 3. The lowest BCUT2D eigenvalue weighted by atomic mass is 10.1. The van der Waals surface area contributed by atoms with Crippen LogP contribution < -0.4 is 15.4 Å². The molecule has 3 rings (SSSR count). The number of benzene rings is 2. The zero-order valence-corrected chi connectivity index (χ0v) is 20.5. The third-order valence-corrected chi connectivity index (χ3v) is 6.63. The predicted molar refractivity (Wildman–Crippen MR) is 135 cm³/mol. The molecule has 0 spiro atoms. The molecule has 1 atom stereocenters. The number of aliphatic imine (C=N–C) groups is 1. The Morgan fingerprint density at radius 3 is 2.62 bits per heavy atom. The van der Waals surface area contributed by atoms with Crippen LogP contribution in [0.25, 0.3) is 0 Å². The fraction of sp³-hybridized carbons (Fsp3) is 0.360. The van der Waals surface area contributed by atoms with E-state index in [-0.39, 0.29) is 24.1 Å². The lowest BCUT2D eigenvalue weighted by molar-refractivity contribution is -0.121. The van der Waals surface area contributed by atoms with Gasteiger partial charge < -0.3 is 20.3 Å². The molecule has 180 valence electrons. The van der Waals surface area contributed by atoms with Crippen LogP contribution in [0.15, 0.2) is 53.5 Å². The number of ether oxygens (including phenoxy) is 1. The summed E-state index contributed by atoms with van der Waals surface area (Å²) in [5.41, 5.74) is 1.96. The molecule has 34 heavy (non-hydrogen) atoms. The van der Waals surface area contributed by atoms with Crippen LogP contribution in [0.4, 0.5) is 5.69 Å². The zero-order valence-electron chi connectivity index (χ0n) is 19.7. The first-order valence-corrected chi connectivity index (χ1v) is 12.2. The molecule has 0 bridgehead atoms. The molecular weight excluding hydrogens is 452 g/mol. The van der Waals surface area contributed by atoms with Gasteiger partial charge in [-0.25, -0.2) is 0 Å². The Kier molecular flexibility index (Phi) is 9.09. The summed E-state index contributed by atoms with van der Waals surface area (Å²) in [5.74, 6) is -0.0272. The summed E-state index contributed by atoms with van der Waals surface area (Å²) >= 11 is 1.33. The van der Waals surface area contributed by atoms with Crippen LogP contribution in [0.5, 0.6) is 5.75 Å². The van der Waals surface area contributed by atoms with Gasteiger partial charge in [0.2, 0.25) is 5.91 Å². The van der Waals surface area contributed by atoms with Gasteiger partial charge in [0.15, 0.2) is 5.17 Å². The standard InChI is InChI=1S/C25H30N4O4S/c1-4-29(5-2)25-28-24(32)21(34-25)16-22(30)27-19-11-8-10-18(15-19)23(31)26-14-13-17-9-6-7-12-20(17)33-3/h6-12,15,21H,4-5,13-14,16H2,1-3H3,(H,26,31)(H,27,30)/t21-/m1/s1. The van der Waals surface area contributed by atoms with Crippen molar-refractivity contribution in [1.82, 2.24) is 10.2 Å². The number of nitrogens with one attached hydrogen (secondary N) is 2. The Hall–Kier alpha value is -3.33. The Bertz CT molecular complexity index is 1070. The van der Waals surface area contributed by atoms with Crippen LogP contribution in [0.3, 0.4) is 0 Å². The molecule has 0 aromatic heterocycles. The molecule has 0 unspecified atom stereocenters. The van der Waals surface area contributed by atoms with Gasteiger partial charge in [0, 0.05) is 37.3 Å². The summed E-state index contributed by atoms with van der Waals surface area (Å²) in [6.45, 7) is 5.95. The highest BCUT2D eigenvalue weighted by atomic mass is 32.2. The smallest absolute Gasteiger partial charge is 0.262 e. The fourth-order valence-corrected chi connectivity index (χ4v) is 4.77. The molecule has 3 amide bonds. The van der Waals surface area contributed by atoms with Crippen LogP contribution >= 0.6 is 11.8 Å². The number of carbonyl (C=O) groups is 3. The summed E-state index contributed by atoms with van der Waals surface area (Å²) in [6, 6.07) is 14.4. The number of amides is 3. The van der Waals surface area contributed by atoms with Crippen LogP contribution in [0.1, 0.15) is 36.2 Å². The number of amidine groups is 1. The number of para-hydroxylation sites is 1. The second-order valence-electron chi connectivity index (χ2n) is 7.66. The van der Waals surface area contributed by atoms with Crippen LogP contribution in [0, 0.1) is 0 Å². The van der Waals surface area contributed by atoms with Gasteiger partial charge in [-0.3, -0.25) is 14.4 Å². The van der Waals surface area contributed by atoms with Crippen molar-refractivity contribution in [1.29, 1.82) is 0 Å². The van der Waals surface area contributed by atoms with Crippen molar-refractivity contribution in [2.24, 2.45) is 4.99 Å². The molecule has 1 aliphatic rings. The Morgan fingerprint density at radius 1 is 1.12 bits per heavy atom. The molecule has 9 heteroatoms. The van der Waals surface area contributed by atoms with Crippen molar-refractivity contribution >= 4 is 40.3 Å². The SMILES string of the molecule is CCN(CC)C1=NC(=O)[C@@H](CC(=O)Nc2cccc(C(=O)NCCc3ccccc3OC)c2)S1. The molecule has 0 saturated heterocycles. The molecule has 0 fully saturated rings. The first-order chi connectivity index (χ1) is 16.4. The Balaban J connectivity index is 1.51. The second kappa shape index (κ2) is 12.2. The van der Waals surface area contributed by atoms with E-state index in [1.807, 2.05) is 43.0 Å². The summed E-state index contributed by atoms with van der Waals surface area (Å²) in [6.07, 6.45) is 0.657. The van der Waals surface area contributed by atoms with E-state index in [0.717, 1.165) is 24.4 Å². The third-order valence-electron chi connectivity index (χ3n) is 5.41. The second-order valence-corrected chi connectivity index (χ2v) is 8.83. The average Bonchev–Trinajstić information content (AvgIpc) is 3.19. The van der Waals surface area contributed by atoms with Gasteiger partial charge in [0.1, 0.15) is 11.0 Å². The van der Waals surface area contributed by atoms with Gasteiger partial charge in [-0.1, -0.05) is 36.0 Å². The van der Waals surface area contributed by atoms with E-state index in [1.54, 1.807) is 31.4 Å². The van der Waals surface area contributed by atoms with Gasteiger partial charge in [0.25, 0.3) is 11.8 Å². The van der Waals surface area contributed by atoms with Crippen LogP contribution in [-0.4, -0.2) is 59.8 Å². The quantitative estimate of drug-likeness (QED) is 0.539. The Morgan fingerprint density at radius 2 is 1.88 bits per heavy atom. The highest BCUT2D eigenvalue weighted by molar-refractivity contribution is 8.15. The van der Waals surface area contributed by atoms with Crippen molar-refractivity contribution in [3.8, 4) is 5.75 Å².